The molecule has 130 valence electrons. The Kier molecular flexibility index (Phi) is 11.8. The first-order valence-corrected chi connectivity index (χ1v) is 9.11. The molecule has 0 radical (unpaired) electrons. The Hall–Kier alpha value is -1.64. The van der Waals surface area contributed by atoms with Crippen molar-refractivity contribution < 1.29 is 14.9 Å². The predicted molar refractivity (Wildman–Crippen MR) is 95.7 cm³/mol. The molecule has 1 fully saturated rings. The molecule has 0 unspecified atom stereocenters. The molecule has 0 bridgehead atoms. The lowest BCUT2D eigenvalue weighted by Crippen LogP contribution is -1.81. The van der Waals surface area contributed by atoms with Crippen LogP contribution in [0.4, 0.5) is 0 Å². The van der Waals surface area contributed by atoms with Crippen LogP contribution in [0.2, 0.25) is 0 Å². The summed E-state index contributed by atoms with van der Waals surface area (Å²) >= 11 is 0. The molecule has 0 amide bonds. The first-order chi connectivity index (χ1) is 11.3. The highest BCUT2D eigenvalue weighted by Crippen LogP contribution is 2.16. The molecule has 3 heteroatoms. The fourth-order valence-electron chi connectivity index (χ4n) is 2.37. The second-order valence-electron chi connectivity index (χ2n) is 6.00. The van der Waals surface area contributed by atoms with Gasteiger partial charge in [0.15, 0.2) is 0 Å². The van der Waals surface area contributed by atoms with E-state index in [1.807, 2.05) is 6.08 Å². The predicted octanol–water partition coefficient (Wildman–Crippen LogP) is 6.65. The lowest BCUT2D eigenvalue weighted by molar-refractivity contribution is 0.0850. The highest BCUT2D eigenvalue weighted by atomic mass is 17.4. The molecule has 0 aliphatic carbocycles. The van der Waals surface area contributed by atoms with E-state index in [4.69, 9.17) is 0 Å². The molecule has 3 nitrogen and oxygen atoms in total. The molecule has 1 rings (SSSR count). The van der Waals surface area contributed by atoms with Crippen LogP contribution in [0.1, 0.15) is 77.6 Å². The summed E-state index contributed by atoms with van der Waals surface area (Å²) in [5, 5.41) is 9.57. The number of aliphatic hydroxyl groups is 1. The molecule has 0 aromatic rings. The molecule has 0 saturated carbocycles. The minimum absolute atomic E-state index is 0.224. The van der Waals surface area contributed by atoms with E-state index in [-0.39, 0.29) is 5.76 Å². The fraction of sp³-hybridized carbons (Fsp3) is 0.600. The van der Waals surface area contributed by atoms with Crippen LogP contribution in [0.5, 0.6) is 0 Å². The van der Waals surface area contributed by atoms with Gasteiger partial charge in [0.2, 0.25) is 0 Å². The maximum Gasteiger partial charge on any atom is 0.379 e. The van der Waals surface area contributed by atoms with E-state index in [2.05, 4.69) is 22.8 Å². The van der Waals surface area contributed by atoms with E-state index < -0.39 is 0 Å². The molecular weight excluding hydrogens is 288 g/mol. The molecule has 1 heterocycles. The van der Waals surface area contributed by atoms with Crippen LogP contribution in [0.15, 0.2) is 48.2 Å². The molecule has 1 aliphatic rings. The maximum absolute atomic E-state index is 9.57. The topological polar surface area (TPSA) is 45.3 Å². The molecule has 1 aliphatic heterocycles. The van der Waals surface area contributed by atoms with Gasteiger partial charge in [0.05, 0.1) is 0 Å². The van der Waals surface area contributed by atoms with Crippen LogP contribution in [0.3, 0.4) is 0 Å². The standard InChI is InChI=1S/C20H32O3/c1-2-3-4-5-6-7-8-9-10-11-12-13-14-16-19(21)17-15-18-20-22-23-20/h13-18,21H,2-12H2,1H3/b14-13+,17-15+,19-16-. The minimum atomic E-state index is 0.224. The van der Waals surface area contributed by atoms with Gasteiger partial charge in [-0.1, -0.05) is 82.9 Å². The number of unbranched alkanes of at least 4 members (excludes halogenated alkanes) is 10. The summed E-state index contributed by atoms with van der Waals surface area (Å²) in [6.07, 6.45) is 25.4. The highest BCUT2D eigenvalue weighted by Gasteiger charge is 2.14. The van der Waals surface area contributed by atoms with Gasteiger partial charge in [0.25, 0.3) is 0 Å². The van der Waals surface area contributed by atoms with Crippen molar-refractivity contribution >= 4 is 0 Å². The van der Waals surface area contributed by atoms with Crippen molar-refractivity contribution in [3.8, 4) is 0 Å². The van der Waals surface area contributed by atoms with E-state index in [9.17, 15) is 5.11 Å². The van der Waals surface area contributed by atoms with Crippen molar-refractivity contribution in [2.75, 3.05) is 0 Å². The SMILES string of the molecule is CCCCCCCCCCCC/C=C/C=C(O)/C=C/C=C1OO1. The van der Waals surface area contributed by atoms with Gasteiger partial charge in [-0.25, -0.2) is 9.78 Å². The van der Waals surface area contributed by atoms with Gasteiger partial charge in [-0.3, -0.25) is 0 Å². The largest absolute Gasteiger partial charge is 0.508 e. The Morgan fingerprint density at radius 3 is 2.09 bits per heavy atom. The molecular formula is C20H32O3. The molecule has 1 saturated heterocycles. The van der Waals surface area contributed by atoms with Crippen LogP contribution >= 0.6 is 0 Å². The van der Waals surface area contributed by atoms with Crippen molar-refractivity contribution in [3.63, 3.8) is 0 Å². The molecule has 0 spiro atoms. The Morgan fingerprint density at radius 1 is 0.870 bits per heavy atom. The highest BCUT2D eigenvalue weighted by molar-refractivity contribution is 5.21. The van der Waals surface area contributed by atoms with Crippen LogP contribution in [-0.2, 0) is 9.78 Å². The Morgan fingerprint density at radius 2 is 1.48 bits per heavy atom. The molecule has 0 aromatic heterocycles. The zero-order chi connectivity index (χ0) is 16.6. The lowest BCUT2D eigenvalue weighted by Gasteiger charge is -2.01. The fourth-order valence-corrected chi connectivity index (χ4v) is 2.37. The van der Waals surface area contributed by atoms with Crippen molar-refractivity contribution in [1.29, 1.82) is 0 Å². The number of hydrogen-bond acceptors (Lipinski definition) is 3. The van der Waals surface area contributed by atoms with Gasteiger partial charge >= 0.3 is 5.95 Å². The Labute approximate surface area is 141 Å². The van der Waals surface area contributed by atoms with Crippen LogP contribution in [-0.4, -0.2) is 5.11 Å². The average molecular weight is 320 g/mol. The minimum Gasteiger partial charge on any atom is -0.508 e. The third kappa shape index (κ3) is 13.7. The average Bonchev–Trinajstić information content (AvgIpc) is 3.36. The molecule has 23 heavy (non-hydrogen) atoms. The third-order valence-electron chi connectivity index (χ3n) is 3.81. The van der Waals surface area contributed by atoms with Gasteiger partial charge < -0.3 is 5.11 Å². The van der Waals surface area contributed by atoms with Crippen molar-refractivity contribution in [1.82, 2.24) is 0 Å². The zero-order valence-corrected chi connectivity index (χ0v) is 14.5. The van der Waals surface area contributed by atoms with Crippen molar-refractivity contribution in [2.45, 2.75) is 77.6 Å². The van der Waals surface area contributed by atoms with E-state index >= 15 is 0 Å². The zero-order valence-electron chi connectivity index (χ0n) is 14.5. The third-order valence-corrected chi connectivity index (χ3v) is 3.81. The summed E-state index contributed by atoms with van der Waals surface area (Å²) < 4.78 is 0. The van der Waals surface area contributed by atoms with Gasteiger partial charge in [-0.2, -0.15) is 0 Å². The first-order valence-electron chi connectivity index (χ1n) is 9.11. The summed E-state index contributed by atoms with van der Waals surface area (Å²) in [6.45, 7) is 2.26. The number of rotatable bonds is 14. The monoisotopic (exact) mass is 320 g/mol. The summed E-state index contributed by atoms with van der Waals surface area (Å²) in [4.78, 5) is 8.93. The molecule has 1 N–H and O–H groups in total. The number of aliphatic hydroxyl groups excluding tert-OH is 1. The number of hydrogen-bond donors (Lipinski definition) is 1. The van der Waals surface area contributed by atoms with Crippen LogP contribution in [0.25, 0.3) is 0 Å². The summed E-state index contributed by atoms with van der Waals surface area (Å²) in [5.41, 5.74) is 0. The van der Waals surface area contributed by atoms with E-state index in [1.165, 1.54) is 64.2 Å². The Bertz CT molecular complexity index is 399. The summed E-state index contributed by atoms with van der Waals surface area (Å²) in [6, 6.07) is 0. The normalized spacial score (nSPS) is 14.3. The molecule has 0 aromatic carbocycles. The van der Waals surface area contributed by atoms with Gasteiger partial charge in [-0.05, 0) is 25.0 Å². The van der Waals surface area contributed by atoms with Gasteiger partial charge in [0.1, 0.15) is 5.76 Å². The van der Waals surface area contributed by atoms with Crippen molar-refractivity contribution in [3.05, 3.63) is 48.2 Å². The first kappa shape index (κ1) is 19.4. The van der Waals surface area contributed by atoms with Crippen molar-refractivity contribution in [2.24, 2.45) is 0 Å². The second kappa shape index (κ2) is 14.0. The smallest absolute Gasteiger partial charge is 0.379 e. The Balaban J connectivity index is 1.87. The lowest BCUT2D eigenvalue weighted by atomic mass is 10.1. The van der Waals surface area contributed by atoms with Gasteiger partial charge in [-0.15, -0.1) is 0 Å². The molecule has 0 atom stereocenters. The summed E-state index contributed by atoms with van der Waals surface area (Å²) in [7, 11) is 0. The van der Waals surface area contributed by atoms with E-state index in [0.717, 1.165) is 6.42 Å². The number of allylic oxidation sites excluding steroid dienone is 6. The van der Waals surface area contributed by atoms with Crippen LogP contribution < -0.4 is 0 Å². The summed E-state index contributed by atoms with van der Waals surface area (Å²) in [5.74, 6) is 0.701. The second-order valence-corrected chi connectivity index (χ2v) is 6.00. The van der Waals surface area contributed by atoms with E-state index in [1.54, 1.807) is 24.3 Å². The van der Waals surface area contributed by atoms with Crippen LogP contribution in [0, 0.1) is 0 Å². The quantitative estimate of drug-likeness (QED) is 0.128. The maximum atomic E-state index is 9.57. The van der Waals surface area contributed by atoms with Gasteiger partial charge in [0, 0.05) is 6.08 Å². The van der Waals surface area contributed by atoms with E-state index in [0.29, 0.717) is 5.95 Å².